The Kier molecular flexibility index (Phi) is 4.96. The van der Waals surface area contributed by atoms with Crippen molar-refractivity contribution < 1.29 is 19.2 Å². The number of nitrogens with zero attached hydrogens (tertiary/aromatic N) is 1. The van der Waals surface area contributed by atoms with Crippen LogP contribution in [0.1, 0.15) is 55.8 Å². The first kappa shape index (κ1) is 19.7. The van der Waals surface area contributed by atoms with Crippen LogP contribution in [0.4, 0.5) is 11.4 Å². The maximum Gasteiger partial charge on any atom is 0.338 e. The number of amides is 1. The van der Waals surface area contributed by atoms with Crippen LogP contribution >= 0.6 is 0 Å². The number of nitro groups is 1. The largest absolute Gasteiger partial charge is 0.452 e. The highest BCUT2D eigenvalue weighted by atomic mass is 16.6. The summed E-state index contributed by atoms with van der Waals surface area (Å²) in [5, 5.41) is 14.0. The number of nitro benzene ring substituents is 1. The topological polar surface area (TPSA) is 125 Å². The second-order valence-electron chi connectivity index (χ2n) is 9.18. The Labute approximate surface area is 169 Å². The Bertz CT molecular complexity index is 817. The fourth-order valence-corrected chi connectivity index (χ4v) is 6.19. The van der Waals surface area contributed by atoms with Gasteiger partial charge < -0.3 is 15.8 Å². The van der Waals surface area contributed by atoms with E-state index < -0.39 is 17.5 Å². The van der Waals surface area contributed by atoms with Crippen LogP contribution in [-0.2, 0) is 9.53 Å². The van der Waals surface area contributed by atoms with E-state index in [1.54, 1.807) is 0 Å². The first-order valence-electron chi connectivity index (χ1n) is 10.3. The number of hydrogen-bond donors (Lipinski definition) is 2. The number of nitrogens with two attached hydrogens (primary N) is 1. The quantitative estimate of drug-likeness (QED) is 0.327. The van der Waals surface area contributed by atoms with Crippen molar-refractivity contribution >= 4 is 23.3 Å². The molecule has 0 spiro atoms. The lowest BCUT2D eigenvalue weighted by Gasteiger charge is -2.59. The van der Waals surface area contributed by atoms with Crippen LogP contribution in [0.25, 0.3) is 0 Å². The minimum Gasteiger partial charge on any atom is -0.452 e. The van der Waals surface area contributed by atoms with Crippen molar-refractivity contribution in [2.24, 2.45) is 23.2 Å². The van der Waals surface area contributed by atoms with Gasteiger partial charge in [0.1, 0.15) is 5.69 Å². The van der Waals surface area contributed by atoms with E-state index >= 15 is 0 Å². The van der Waals surface area contributed by atoms with E-state index in [-0.39, 0.29) is 34.3 Å². The maximum atomic E-state index is 12.4. The van der Waals surface area contributed by atoms with Gasteiger partial charge in [0.25, 0.3) is 11.6 Å². The SMILES string of the molecule is C[C@@H](NC(=O)COC(=O)c1ccc(N)c([N+](=O)[O-])c1)C12CC3CC(CC(C3)C1)C2. The molecule has 1 atom stereocenters. The number of esters is 1. The summed E-state index contributed by atoms with van der Waals surface area (Å²) < 4.78 is 5.07. The molecule has 8 heteroatoms. The number of nitrogens with one attached hydrogen (secondary N) is 1. The smallest absolute Gasteiger partial charge is 0.338 e. The number of rotatable bonds is 6. The molecule has 1 aromatic rings. The van der Waals surface area contributed by atoms with Gasteiger partial charge in [-0.05, 0) is 80.8 Å². The third-order valence-corrected chi connectivity index (χ3v) is 7.18. The average molecular weight is 401 g/mol. The van der Waals surface area contributed by atoms with Gasteiger partial charge >= 0.3 is 5.97 Å². The molecular weight excluding hydrogens is 374 g/mol. The van der Waals surface area contributed by atoms with Gasteiger partial charge in [0.15, 0.2) is 6.61 Å². The van der Waals surface area contributed by atoms with Gasteiger partial charge in [-0.2, -0.15) is 0 Å². The van der Waals surface area contributed by atoms with Crippen molar-refractivity contribution in [1.29, 1.82) is 0 Å². The molecular formula is C21H27N3O5. The second kappa shape index (κ2) is 7.31. The lowest BCUT2D eigenvalue weighted by atomic mass is 9.48. The third kappa shape index (κ3) is 3.80. The van der Waals surface area contributed by atoms with Gasteiger partial charge in [-0.1, -0.05) is 0 Å². The summed E-state index contributed by atoms with van der Waals surface area (Å²) >= 11 is 0. The summed E-state index contributed by atoms with van der Waals surface area (Å²) in [6.45, 7) is 1.66. The molecule has 4 fully saturated rings. The Balaban J connectivity index is 1.33. The number of hydrogen-bond acceptors (Lipinski definition) is 6. The molecule has 0 saturated heterocycles. The highest BCUT2D eigenvalue weighted by Gasteiger charge is 2.53. The number of ether oxygens (including phenoxy) is 1. The minimum atomic E-state index is -0.786. The average Bonchev–Trinajstić information content (AvgIpc) is 2.65. The molecule has 1 amide bonds. The Hall–Kier alpha value is -2.64. The predicted molar refractivity (Wildman–Crippen MR) is 106 cm³/mol. The van der Waals surface area contributed by atoms with Crippen LogP contribution in [-0.4, -0.2) is 29.4 Å². The van der Waals surface area contributed by atoms with Crippen molar-refractivity contribution in [2.45, 2.75) is 51.5 Å². The standard InChI is InChI=1S/C21H27N3O5/c1-12(21-8-13-4-14(9-21)6-15(5-13)10-21)23-19(25)11-29-20(26)16-2-3-17(22)18(7-16)24(27)28/h2-3,7,12-15H,4-6,8-11,22H2,1H3,(H,23,25)/t12-,13?,14?,15?,21?/m1/s1. The summed E-state index contributed by atoms with van der Waals surface area (Å²) in [5.41, 5.74) is 5.30. The molecule has 1 aromatic carbocycles. The zero-order chi connectivity index (χ0) is 20.8. The summed E-state index contributed by atoms with van der Waals surface area (Å²) in [5.74, 6) is 1.25. The second-order valence-corrected chi connectivity index (χ2v) is 9.18. The molecule has 29 heavy (non-hydrogen) atoms. The molecule has 4 aliphatic carbocycles. The fourth-order valence-electron chi connectivity index (χ4n) is 6.19. The van der Waals surface area contributed by atoms with Gasteiger partial charge in [0.05, 0.1) is 10.5 Å². The molecule has 4 bridgehead atoms. The fraction of sp³-hybridized carbons (Fsp3) is 0.619. The summed E-state index contributed by atoms with van der Waals surface area (Å²) in [6.07, 6.45) is 7.54. The molecule has 8 nitrogen and oxygen atoms in total. The number of anilines is 1. The highest BCUT2D eigenvalue weighted by Crippen LogP contribution is 2.61. The summed E-state index contributed by atoms with van der Waals surface area (Å²) in [4.78, 5) is 34.9. The molecule has 0 radical (unpaired) electrons. The molecule has 3 N–H and O–H groups in total. The molecule has 0 unspecified atom stereocenters. The first-order chi connectivity index (χ1) is 13.8. The number of carbonyl (C=O) groups is 2. The van der Waals surface area contributed by atoms with Crippen LogP contribution in [0, 0.1) is 33.3 Å². The van der Waals surface area contributed by atoms with E-state index in [4.69, 9.17) is 10.5 Å². The van der Waals surface area contributed by atoms with E-state index in [2.05, 4.69) is 12.2 Å². The van der Waals surface area contributed by atoms with Crippen molar-refractivity contribution in [2.75, 3.05) is 12.3 Å². The van der Waals surface area contributed by atoms with E-state index in [1.807, 2.05) is 0 Å². The highest BCUT2D eigenvalue weighted by molar-refractivity contribution is 5.92. The first-order valence-corrected chi connectivity index (χ1v) is 10.3. The van der Waals surface area contributed by atoms with Crippen LogP contribution in [0.5, 0.6) is 0 Å². The monoisotopic (exact) mass is 401 g/mol. The number of benzene rings is 1. The third-order valence-electron chi connectivity index (χ3n) is 7.18. The molecule has 4 saturated carbocycles. The lowest BCUT2D eigenvalue weighted by molar-refractivity contribution is -0.383. The molecule has 5 rings (SSSR count). The minimum absolute atomic E-state index is 0.00664. The Morgan fingerprint density at radius 2 is 1.83 bits per heavy atom. The van der Waals surface area contributed by atoms with Gasteiger partial charge in [0, 0.05) is 12.1 Å². The van der Waals surface area contributed by atoms with Gasteiger partial charge in [0.2, 0.25) is 0 Å². The number of carbonyl (C=O) groups excluding carboxylic acids is 2. The van der Waals surface area contributed by atoms with Gasteiger partial charge in [-0.15, -0.1) is 0 Å². The lowest BCUT2D eigenvalue weighted by Crippen LogP contribution is -2.56. The van der Waals surface area contributed by atoms with Gasteiger partial charge in [-0.3, -0.25) is 14.9 Å². The Morgan fingerprint density at radius 3 is 2.38 bits per heavy atom. The normalized spacial score (nSPS) is 30.6. The Morgan fingerprint density at radius 1 is 1.24 bits per heavy atom. The van der Waals surface area contributed by atoms with Crippen molar-refractivity contribution in [1.82, 2.24) is 5.32 Å². The van der Waals surface area contributed by atoms with Crippen molar-refractivity contribution in [3.05, 3.63) is 33.9 Å². The van der Waals surface area contributed by atoms with Gasteiger partial charge in [-0.25, -0.2) is 4.79 Å². The van der Waals surface area contributed by atoms with Crippen LogP contribution < -0.4 is 11.1 Å². The summed E-state index contributed by atoms with van der Waals surface area (Å²) in [6, 6.07) is 3.73. The number of nitrogen functional groups attached to an aromatic ring is 1. The zero-order valence-corrected chi connectivity index (χ0v) is 16.6. The van der Waals surface area contributed by atoms with E-state index in [0.29, 0.717) is 0 Å². The zero-order valence-electron chi connectivity index (χ0n) is 16.6. The van der Waals surface area contributed by atoms with Crippen molar-refractivity contribution in [3.63, 3.8) is 0 Å². The maximum absolute atomic E-state index is 12.4. The van der Waals surface area contributed by atoms with Crippen molar-refractivity contribution in [3.8, 4) is 0 Å². The van der Waals surface area contributed by atoms with E-state index in [0.717, 1.165) is 23.8 Å². The van der Waals surface area contributed by atoms with Crippen LogP contribution in [0.2, 0.25) is 0 Å². The molecule has 4 aliphatic rings. The molecule has 156 valence electrons. The molecule has 0 aliphatic heterocycles. The molecule has 0 heterocycles. The van der Waals surface area contributed by atoms with E-state index in [9.17, 15) is 19.7 Å². The van der Waals surface area contributed by atoms with E-state index in [1.165, 1.54) is 50.7 Å². The molecule has 0 aromatic heterocycles. The predicted octanol–water partition coefficient (Wildman–Crippen LogP) is 3.05. The van der Waals surface area contributed by atoms with Crippen LogP contribution in [0.3, 0.4) is 0 Å². The van der Waals surface area contributed by atoms with Crippen LogP contribution in [0.15, 0.2) is 18.2 Å². The summed E-state index contributed by atoms with van der Waals surface area (Å²) in [7, 11) is 0.